The summed E-state index contributed by atoms with van der Waals surface area (Å²) in [5.74, 6) is 0.361. The van der Waals surface area contributed by atoms with E-state index in [1.54, 1.807) is 0 Å². The molecular formula is C13H20ClNO2S. The maximum absolute atomic E-state index is 11.9. The van der Waals surface area contributed by atoms with E-state index in [2.05, 4.69) is 4.72 Å². The van der Waals surface area contributed by atoms with E-state index in [-0.39, 0.29) is 17.7 Å². The van der Waals surface area contributed by atoms with Gasteiger partial charge in [-0.2, -0.15) is 0 Å². The molecule has 0 aliphatic heterocycles. The van der Waals surface area contributed by atoms with Crippen molar-refractivity contribution >= 4 is 21.6 Å². The zero-order valence-electron chi connectivity index (χ0n) is 11.0. The molecule has 0 aliphatic rings. The third kappa shape index (κ3) is 4.59. The molecule has 1 rings (SSSR count). The molecule has 0 amide bonds. The number of halogens is 1. The molecule has 0 radical (unpaired) electrons. The lowest BCUT2D eigenvalue weighted by Crippen LogP contribution is -2.32. The van der Waals surface area contributed by atoms with Crippen molar-refractivity contribution in [2.24, 2.45) is 5.92 Å². The number of hydrogen-bond acceptors (Lipinski definition) is 2. The number of hydrogen-bond donors (Lipinski definition) is 1. The van der Waals surface area contributed by atoms with Crippen molar-refractivity contribution in [1.29, 1.82) is 0 Å². The van der Waals surface area contributed by atoms with Gasteiger partial charge < -0.3 is 0 Å². The first-order valence-electron chi connectivity index (χ1n) is 5.97. The van der Waals surface area contributed by atoms with Gasteiger partial charge in [-0.1, -0.05) is 31.2 Å². The lowest BCUT2D eigenvalue weighted by atomic mass is 10.0. The maximum Gasteiger partial charge on any atom is 0.212 e. The second-order valence-corrected chi connectivity index (χ2v) is 6.84. The second-order valence-electron chi connectivity index (χ2n) is 4.74. The molecule has 0 bridgehead atoms. The van der Waals surface area contributed by atoms with Crippen LogP contribution in [0.5, 0.6) is 0 Å². The normalized spacial score (nSPS) is 15.3. The summed E-state index contributed by atoms with van der Waals surface area (Å²) in [6.45, 7) is 5.65. The Bertz CT molecular complexity index is 488. The molecule has 5 heteroatoms. The molecule has 0 saturated heterocycles. The first-order valence-corrected chi connectivity index (χ1v) is 8.16. The van der Waals surface area contributed by atoms with E-state index < -0.39 is 10.0 Å². The molecular weight excluding hydrogens is 270 g/mol. The van der Waals surface area contributed by atoms with Gasteiger partial charge in [0.05, 0.1) is 5.75 Å². The van der Waals surface area contributed by atoms with E-state index in [4.69, 9.17) is 11.6 Å². The van der Waals surface area contributed by atoms with Gasteiger partial charge in [-0.25, -0.2) is 13.1 Å². The average molecular weight is 290 g/mol. The number of rotatable bonds is 6. The Morgan fingerprint density at radius 2 is 1.89 bits per heavy atom. The van der Waals surface area contributed by atoms with Crippen molar-refractivity contribution in [2.75, 3.05) is 11.6 Å². The van der Waals surface area contributed by atoms with Crippen LogP contribution in [0, 0.1) is 12.8 Å². The highest BCUT2D eigenvalue weighted by Gasteiger charge is 2.19. The summed E-state index contributed by atoms with van der Waals surface area (Å²) >= 11 is 5.64. The van der Waals surface area contributed by atoms with Gasteiger partial charge in [0.25, 0.3) is 0 Å². The minimum atomic E-state index is -3.29. The SMILES string of the molecule is Cc1ccccc1[C@@H](C)NS(=O)(=O)CC(C)CCl. The molecule has 1 aromatic rings. The highest BCUT2D eigenvalue weighted by atomic mass is 35.5. The molecule has 3 nitrogen and oxygen atoms in total. The molecule has 0 spiro atoms. The van der Waals surface area contributed by atoms with Gasteiger partial charge in [-0.3, -0.25) is 0 Å². The summed E-state index contributed by atoms with van der Waals surface area (Å²) in [5, 5.41) is 0. The molecule has 0 saturated carbocycles. The van der Waals surface area contributed by atoms with Crippen LogP contribution in [0.3, 0.4) is 0 Å². The largest absolute Gasteiger partial charge is 0.212 e. The Labute approximate surface area is 115 Å². The molecule has 18 heavy (non-hydrogen) atoms. The van der Waals surface area contributed by atoms with Gasteiger partial charge >= 0.3 is 0 Å². The van der Waals surface area contributed by atoms with Crippen molar-refractivity contribution in [1.82, 2.24) is 4.72 Å². The predicted octanol–water partition coefficient (Wildman–Crippen LogP) is 2.85. The van der Waals surface area contributed by atoms with E-state index in [1.165, 1.54) is 0 Å². The topological polar surface area (TPSA) is 46.2 Å². The number of sulfonamides is 1. The van der Waals surface area contributed by atoms with E-state index in [9.17, 15) is 8.42 Å². The average Bonchev–Trinajstić information content (AvgIpc) is 2.27. The number of alkyl halides is 1. The van der Waals surface area contributed by atoms with Crippen LogP contribution in [0.15, 0.2) is 24.3 Å². The van der Waals surface area contributed by atoms with Crippen molar-refractivity contribution in [2.45, 2.75) is 26.8 Å². The standard InChI is InChI=1S/C13H20ClNO2S/c1-10(8-14)9-18(16,17)15-12(3)13-7-5-4-6-11(13)2/h4-7,10,12,15H,8-9H2,1-3H3/t10?,12-/m1/s1. The summed E-state index contributed by atoms with van der Waals surface area (Å²) in [4.78, 5) is 0. The molecule has 0 aliphatic carbocycles. The van der Waals surface area contributed by atoms with Crippen LogP contribution in [-0.2, 0) is 10.0 Å². The smallest absolute Gasteiger partial charge is 0.212 e. The molecule has 1 unspecified atom stereocenters. The van der Waals surface area contributed by atoms with Crippen LogP contribution >= 0.6 is 11.6 Å². The number of benzene rings is 1. The molecule has 102 valence electrons. The number of aryl methyl sites for hydroxylation is 1. The predicted molar refractivity (Wildman–Crippen MR) is 76.4 cm³/mol. The van der Waals surface area contributed by atoms with E-state index in [0.717, 1.165) is 11.1 Å². The lowest BCUT2D eigenvalue weighted by molar-refractivity contribution is 0.555. The minimum Gasteiger partial charge on any atom is -0.212 e. The quantitative estimate of drug-likeness (QED) is 0.819. The van der Waals surface area contributed by atoms with Crippen LogP contribution in [0.4, 0.5) is 0 Å². The van der Waals surface area contributed by atoms with Gasteiger partial charge in [0, 0.05) is 11.9 Å². The van der Waals surface area contributed by atoms with Crippen LogP contribution < -0.4 is 4.72 Å². The van der Waals surface area contributed by atoms with E-state index >= 15 is 0 Å². The zero-order chi connectivity index (χ0) is 13.8. The molecule has 0 fully saturated rings. The van der Waals surface area contributed by atoms with Crippen molar-refractivity contribution < 1.29 is 8.42 Å². The third-order valence-electron chi connectivity index (χ3n) is 2.78. The van der Waals surface area contributed by atoms with Gasteiger partial charge in [-0.15, -0.1) is 11.6 Å². The first-order chi connectivity index (χ1) is 8.35. The minimum absolute atomic E-state index is 0.0479. The Hall–Kier alpha value is -0.580. The summed E-state index contributed by atoms with van der Waals surface area (Å²) in [5.41, 5.74) is 2.08. The lowest BCUT2D eigenvalue weighted by Gasteiger charge is -2.18. The Morgan fingerprint density at radius 3 is 2.44 bits per heavy atom. The fraction of sp³-hybridized carbons (Fsp3) is 0.538. The van der Waals surface area contributed by atoms with E-state index in [1.807, 2.05) is 45.0 Å². The fourth-order valence-electron chi connectivity index (χ4n) is 1.87. The number of nitrogens with one attached hydrogen (secondary N) is 1. The van der Waals surface area contributed by atoms with Crippen LogP contribution in [0.1, 0.15) is 31.0 Å². The Balaban J connectivity index is 2.76. The molecule has 1 aromatic carbocycles. The highest BCUT2D eigenvalue weighted by Crippen LogP contribution is 2.18. The Morgan fingerprint density at radius 1 is 1.28 bits per heavy atom. The first kappa shape index (κ1) is 15.5. The summed E-state index contributed by atoms with van der Waals surface area (Å²) in [6.07, 6.45) is 0. The molecule has 2 atom stereocenters. The second kappa shape index (κ2) is 6.55. The maximum atomic E-state index is 11.9. The van der Waals surface area contributed by atoms with Crippen LogP contribution in [0.25, 0.3) is 0 Å². The summed E-state index contributed by atoms with van der Waals surface area (Å²) in [6, 6.07) is 7.54. The van der Waals surface area contributed by atoms with Crippen molar-refractivity contribution in [3.63, 3.8) is 0 Å². The van der Waals surface area contributed by atoms with Gasteiger partial charge in [0.2, 0.25) is 10.0 Å². The fourth-order valence-corrected chi connectivity index (χ4v) is 3.74. The third-order valence-corrected chi connectivity index (χ3v) is 5.03. The summed E-state index contributed by atoms with van der Waals surface area (Å²) in [7, 11) is -3.29. The Kier molecular flexibility index (Phi) is 5.63. The van der Waals surface area contributed by atoms with Crippen molar-refractivity contribution in [3.05, 3.63) is 35.4 Å². The summed E-state index contributed by atoms with van der Waals surface area (Å²) < 4.78 is 26.5. The molecule has 1 N–H and O–H groups in total. The van der Waals surface area contributed by atoms with Crippen LogP contribution in [-0.4, -0.2) is 20.1 Å². The van der Waals surface area contributed by atoms with Crippen LogP contribution in [0.2, 0.25) is 0 Å². The zero-order valence-corrected chi connectivity index (χ0v) is 12.6. The van der Waals surface area contributed by atoms with Crippen molar-refractivity contribution in [3.8, 4) is 0 Å². The van der Waals surface area contributed by atoms with Gasteiger partial charge in [-0.05, 0) is 30.9 Å². The highest BCUT2D eigenvalue weighted by molar-refractivity contribution is 7.89. The molecule has 0 aromatic heterocycles. The van der Waals surface area contributed by atoms with Gasteiger partial charge in [0.1, 0.15) is 0 Å². The monoisotopic (exact) mass is 289 g/mol. The van der Waals surface area contributed by atoms with E-state index in [0.29, 0.717) is 5.88 Å². The van der Waals surface area contributed by atoms with Gasteiger partial charge in [0.15, 0.2) is 0 Å². The molecule has 0 heterocycles.